The number of nitrogens with zero attached hydrogens (tertiary/aromatic N) is 5. The Kier molecular flexibility index (Phi) is 41.4. The molecule has 18 rings (SSSR count). The zero-order valence-electron chi connectivity index (χ0n) is 78.5. The molecule has 7 heterocycles. The molecule has 0 spiro atoms. The van der Waals surface area contributed by atoms with Crippen molar-refractivity contribution in [3.05, 3.63) is 391 Å². The summed E-state index contributed by atoms with van der Waals surface area (Å²) in [5.74, 6) is -6.87. The number of ether oxygens (including phenoxy) is 5. The van der Waals surface area contributed by atoms with Gasteiger partial charge < -0.3 is 81.3 Å². The second-order valence-corrected chi connectivity index (χ2v) is 34.9. The maximum atomic E-state index is 13.8. The largest absolute Gasteiger partial charge is 0.412 e. The Labute approximate surface area is 808 Å². The monoisotopic (exact) mass is 1910 g/mol. The third-order valence-corrected chi connectivity index (χ3v) is 26.3. The van der Waals surface area contributed by atoms with Crippen molar-refractivity contribution in [1.82, 2.24) is 46.2 Å². The molecule has 9 N–H and O–H groups in total. The molecule has 0 aliphatic carbocycles. The van der Waals surface area contributed by atoms with E-state index in [1.807, 2.05) is 0 Å². The maximum absolute atomic E-state index is 13.8. The number of urea groups is 1. The van der Waals surface area contributed by atoms with Gasteiger partial charge in [-0.25, -0.2) is 44.7 Å². The van der Waals surface area contributed by atoms with Crippen LogP contribution >= 0.6 is 0 Å². The fourth-order valence-electron chi connectivity index (χ4n) is 18.8. The van der Waals surface area contributed by atoms with E-state index >= 15 is 0 Å². The predicted octanol–water partition coefficient (Wildman–Crippen LogP) is 18.1. The van der Waals surface area contributed by atoms with Gasteiger partial charge in [-0.15, -0.1) is 0 Å². The summed E-state index contributed by atoms with van der Waals surface area (Å²) in [6.07, 6.45) is 8.79. The van der Waals surface area contributed by atoms with Gasteiger partial charge in [-0.05, 0) is 247 Å². The number of benzene rings is 11. The van der Waals surface area contributed by atoms with Gasteiger partial charge in [0.15, 0.2) is 46.5 Å². The van der Waals surface area contributed by atoms with E-state index in [1.165, 1.54) is 102 Å². The lowest BCUT2D eigenvalue weighted by Crippen LogP contribution is -2.48. The van der Waals surface area contributed by atoms with Crippen LogP contribution in [-0.2, 0) is 40.0 Å². The number of hydrogen-bond donors (Lipinski definition) is 7. The summed E-state index contributed by atoms with van der Waals surface area (Å²) in [7, 11) is 1.50. The van der Waals surface area contributed by atoms with Crippen LogP contribution in [0, 0.1) is 56.7 Å². The molecule has 0 radical (unpaired) electrons. The number of rotatable bonds is 23. The molecule has 7 aliphatic heterocycles. The van der Waals surface area contributed by atoms with Gasteiger partial charge in [0.05, 0.1) is 75.3 Å². The lowest BCUT2D eigenvalue weighted by molar-refractivity contribution is -0.384. The molecule has 0 bridgehead atoms. The topological polar surface area (TPSA) is 266 Å². The van der Waals surface area contributed by atoms with Crippen LogP contribution in [0.1, 0.15) is 138 Å². The normalized spacial score (nSPS) is 18.9. The first kappa shape index (κ1) is 106. The number of nitro groups is 1. The number of nitro benzene ring substituents is 1. The summed E-state index contributed by atoms with van der Waals surface area (Å²) in [5.41, 5.74) is 21.2. The Balaban J connectivity index is 0.000000156. The molecule has 30 heteroatoms. The number of hydrogen-bond acceptors (Lipinski definition) is 17. The zero-order valence-corrected chi connectivity index (χ0v) is 78.5. The van der Waals surface area contributed by atoms with Gasteiger partial charge in [-0.1, -0.05) is 206 Å². The van der Waals surface area contributed by atoms with E-state index in [1.54, 1.807) is 17.0 Å². The number of nitrogens with one attached hydrogen (secondary N) is 5. The van der Waals surface area contributed by atoms with Gasteiger partial charge in [0.1, 0.15) is 12.4 Å². The second-order valence-electron chi connectivity index (χ2n) is 34.9. The van der Waals surface area contributed by atoms with E-state index in [4.69, 9.17) is 29.4 Å². The van der Waals surface area contributed by atoms with Crippen molar-refractivity contribution >= 4 is 23.7 Å². The summed E-state index contributed by atoms with van der Waals surface area (Å²) in [6.45, 7) is 16.3. The van der Waals surface area contributed by atoms with Crippen molar-refractivity contribution in [2.24, 2.45) is 11.5 Å². The molecular weight excluding hydrogens is 1790 g/mol. The van der Waals surface area contributed by atoms with Crippen LogP contribution < -0.4 is 42.8 Å². The number of piperidine rings is 3. The molecule has 22 nitrogen and oxygen atoms in total. The highest BCUT2D eigenvalue weighted by molar-refractivity contribution is 5.78. The Morgan fingerprint density at radius 2 is 0.741 bits per heavy atom. The zero-order chi connectivity index (χ0) is 98.2. The molecule has 11 aromatic carbocycles. The third kappa shape index (κ3) is 30.2. The quantitative estimate of drug-likeness (QED) is 0.0136. The first-order chi connectivity index (χ1) is 67.7. The fraction of sp³-hybridized carbons (Fsp3) is 0.367. The van der Waals surface area contributed by atoms with Crippen LogP contribution in [0.5, 0.6) is 5.75 Å². The molecule has 4 atom stereocenters. The number of morpholine rings is 4. The Morgan fingerprint density at radius 1 is 0.410 bits per heavy atom. The molecule has 4 amide bonds. The van der Waals surface area contributed by atoms with Gasteiger partial charge in [0, 0.05) is 61.1 Å². The minimum absolute atomic E-state index is 0.0141. The summed E-state index contributed by atoms with van der Waals surface area (Å²) >= 11 is 0. The number of halogens is 8. The molecule has 7 fully saturated rings. The second kappa shape index (κ2) is 54.4. The molecule has 11 aromatic rings. The number of carbonyl (C=O) groups excluding carboxylic acids is 3. The van der Waals surface area contributed by atoms with E-state index in [0.29, 0.717) is 63.8 Å². The van der Waals surface area contributed by atoms with Crippen molar-refractivity contribution in [3.8, 4) is 5.75 Å². The first-order valence-electron chi connectivity index (χ1n) is 47.6. The highest BCUT2D eigenvalue weighted by Gasteiger charge is 2.41. The van der Waals surface area contributed by atoms with Crippen LogP contribution in [0.3, 0.4) is 0 Å². The molecule has 738 valence electrons. The van der Waals surface area contributed by atoms with Crippen LogP contribution in [0.2, 0.25) is 0 Å². The predicted molar refractivity (Wildman–Crippen MR) is 522 cm³/mol. The third-order valence-electron chi connectivity index (χ3n) is 26.3. The number of nitrogens with two attached hydrogens (primary N) is 2. The Morgan fingerprint density at radius 3 is 1.08 bits per heavy atom. The van der Waals surface area contributed by atoms with Gasteiger partial charge in [-0.2, -0.15) is 0 Å². The van der Waals surface area contributed by atoms with Gasteiger partial charge in [0.2, 0.25) is 5.91 Å². The molecule has 0 aromatic heterocycles. The van der Waals surface area contributed by atoms with Gasteiger partial charge >= 0.3 is 12.1 Å². The van der Waals surface area contributed by atoms with Gasteiger partial charge in [0.25, 0.3) is 5.69 Å². The van der Waals surface area contributed by atoms with E-state index in [-0.39, 0.29) is 71.5 Å². The fourth-order valence-corrected chi connectivity index (χ4v) is 18.8. The van der Waals surface area contributed by atoms with Crippen molar-refractivity contribution in [2.75, 3.05) is 158 Å². The first-order valence-corrected chi connectivity index (χ1v) is 47.6. The smallest absolute Gasteiger partial charge is 0.410 e. The lowest BCUT2D eigenvalue weighted by atomic mass is 9.68. The summed E-state index contributed by atoms with van der Waals surface area (Å²) in [4.78, 5) is 55.3. The van der Waals surface area contributed by atoms with Crippen molar-refractivity contribution in [1.29, 1.82) is 0 Å². The number of amides is 4. The average Bonchev–Trinajstić information content (AvgIpc) is 0.775. The molecule has 0 saturated carbocycles. The molecule has 7 saturated heterocycles. The maximum Gasteiger partial charge on any atom is 0.412 e. The number of likely N-dealkylation sites (tertiary alicyclic amines) is 3. The lowest BCUT2D eigenvalue weighted by Gasteiger charge is -2.43. The van der Waals surface area contributed by atoms with Crippen molar-refractivity contribution in [2.45, 2.75) is 98.2 Å². The number of non-ortho nitro benzene ring substituents is 1. The molecular formula is C109H126F8N12O10. The van der Waals surface area contributed by atoms with E-state index in [0.717, 1.165) is 171 Å². The number of carbonyl (C=O) groups is 3. The van der Waals surface area contributed by atoms with Crippen LogP contribution in [0.4, 0.5) is 50.4 Å². The summed E-state index contributed by atoms with van der Waals surface area (Å²) < 4.78 is 130. The average molecular weight is 1920 g/mol. The van der Waals surface area contributed by atoms with E-state index < -0.39 is 69.6 Å². The van der Waals surface area contributed by atoms with E-state index in [9.17, 15) is 59.6 Å². The minimum atomic E-state index is -0.924. The van der Waals surface area contributed by atoms with Crippen molar-refractivity contribution < 1.29 is 78.1 Å². The molecule has 4 unspecified atom stereocenters. The standard InChI is InChI=1S/C31H35F2N3O2.C27H29N3O4.C20H26N2.C10H9F2NO2.2C10H11F2NO.CH5N/c32-27-13-12-24(22-28(27)33)29-23-38-21-20-36(29)30(37)34-16-7-17-35-18-14-31(15-19-35,25-8-3-1-4-9-25)26-10-5-2-6-11-26;31-26(34-25-14-12-24(13-15-25)30(32)33)28-18-7-19-29-20-16-27(17-21-29,22-8-3-1-4-9-22)23-10-5-2-6-11-23;21-14-7-15-22-16-12-20(13-17-22,18-8-3-1-4-9-18)19-10-5-2-6-11-19;11-7-2-1-6(3-8(7)12)9-4-15-5-10(14)13-9;2*11-8-2-1-7(5-9(8)12)10-6-14-4-3-13-10;1-2/h1-6,8-13,22,29H,7,14-21,23H2,(H,34,37);1-6,8-15H,7,16-21H2,(H,28,31);1-6,8-11H,7,12-17,21H2;1-3,9H,4-5H2,(H,13,14);2*1-2,5,10,13H,3-4,6H2;2H2,1H3. The molecule has 7 aliphatic rings. The Bertz CT molecular complexity index is 5370. The van der Waals surface area contributed by atoms with Crippen molar-refractivity contribution in [3.63, 3.8) is 0 Å². The van der Waals surface area contributed by atoms with Gasteiger partial charge in [-0.3, -0.25) is 14.9 Å². The highest BCUT2D eigenvalue weighted by Crippen LogP contribution is 2.45. The van der Waals surface area contributed by atoms with E-state index in [2.05, 4.69) is 229 Å². The molecule has 139 heavy (non-hydrogen) atoms. The van der Waals surface area contributed by atoms with Crippen LogP contribution in [0.25, 0.3) is 0 Å². The Hall–Kier alpha value is -12.2. The summed E-state index contributed by atoms with van der Waals surface area (Å²) in [5, 5.41) is 25.4. The SMILES string of the molecule is CN.Fc1ccc(C2COCCN2)cc1F.Fc1ccc(C2COCCN2)cc1F.NCCCN1CCC(c2ccccc2)(c2ccccc2)CC1.O=C(NCCCN1CCC(c2ccccc2)(c2ccccc2)CC1)N1CCOCC1c1ccc(F)c(F)c1.O=C(NCCCN1CCC(c2ccccc2)(c2ccccc2)CC1)Oc1ccc([N+](=O)[O-])cc1.O=C1COCC(c2ccc(F)c(F)c2)N1. The van der Waals surface area contributed by atoms with Crippen LogP contribution in [-0.4, -0.2) is 201 Å². The summed E-state index contributed by atoms with van der Waals surface area (Å²) in [6, 6.07) is 84.7. The highest BCUT2D eigenvalue weighted by atomic mass is 19.2. The van der Waals surface area contributed by atoms with Crippen LogP contribution in [0.15, 0.2) is 279 Å². The minimum Gasteiger partial charge on any atom is -0.410 e.